The van der Waals surface area contributed by atoms with E-state index in [4.69, 9.17) is 4.74 Å². The predicted molar refractivity (Wildman–Crippen MR) is 92.5 cm³/mol. The lowest BCUT2D eigenvalue weighted by atomic mass is 10.2. The summed E-state index contributed by atoms with van der Waals surface area (Å²) in [6.07, 6.45) is -0.722. The maximum Gasteiger partial charge on any atom is 0.312 e. The van der Waals surface area contributed by atoms with Gasteiger partial charge < -0.3 is 10.1 Å². The van der Waals surface area contributed by atoms with Crippen molar-refractivity contribution < 1.29 is 14.3 Å². The maximum atomic E-state index is 11.9. The Balaban J connectivity index is 1.84. The third-order valence-electron chi connectivity index (χ3n) is 2.97. The van der Waals surface area contributed by atoms with E-state index < -0.39 is 12.1 Å². The molecule has 0 bridgehead atoms. The fourth-order valence-corrected chi connectivity index (χ4v) is 3.42. The number of carbonyl (C=O) groups excluding carboxylic acids is 2. The summed E-state index contributed by atoms with van der Waals surface area (Å²) in [6.45, 7) is 6.15. The molecule has 2 aromatic heterocycles. The van der Waals surface area contributed by atoms with Gasteiger partial charge in [0.1, 0.15) is 5.01 Å². The van der Waals surface area contributed by atoms with Gasteiger partial charge in [-0.15, -0.1) is 22.7 Å². The maximum absolute atomic E-state index is 11.9. The average Bonchev–Trinajstić information content (AvgIpc) is 3.15. The van der Waals surface area contributed by atoms with Crippen molar-refractivity contribution in [3.63, 3.8) is 0 Å². The fraction of sp³-hybridized carbons (Fsp3) is 0.438. The number of nitrogens with one attached hydrogen (secondary N) is 1. The minimum atomic E-state index is -0.795. The molecule has 2 aromatic rings. The van der Waals surface area contributed by atoms with Crippen LogP contribution in [0.3, 0.4) is 0 Å². The van der Waals surface area contributed by atoms with Gasteiger partial charge in [-0.25, -0.2) is 4.98 Å². The van der Waals surface area contributed by atoms with Crippen LogP contribution in [0.15, 0.2) is 22.9 Å². The van der Waals surface area contributed by atoms with E-state index in [1.807, 2.05) is 36.7 Å². The van der Waals surface area contributed by atoms with Crippen LogP contribution < -0.4 is 5.32 Å². The fourth-order valence-electron chi connectivity index (χ4n) is 1.79. The smallest absolute Gasteiger partial charge is 0.312 e. The Morgan fingerprint density at radius 2 is 2.09 bits per heavy atom. The first kappa shape index (κ1) is 17.6. The molecule has 0 fully saturated rings. The summed E-state index contributed by atoms with van der Waals surface area (Å²) in [7, 11) is 0. The molecule has 5 nitrogen and oxygen atoms in total. The summed E-state index contributed by atoms with van der Waals surface area (Å²) in [5, 5.41) is 7.47. The molecule has 0 aliphatic heterocycles. The average molecular weight is 352 g/mol. The molecule has 0 spiro atoms. The van der Waals surface area contributed by atoms with Crippen LogP contribution in [0.5, 0.6) is 0 Å². The minimum Gasteiger partial charge on any atom is -0.452 e. The number of ether oxygens (including phenoxy) is 1. The minimum absolute atomic E-state index is 0.0731. The second kappa shape index (κ2) is 8.21. The first-order valence-corrected chi connectivity index (χ1v) is 9.17. The first-order chi connectivity index (χ1) is 11.0. The van der Waals surface area contributed by atoms with Gasteiger partial charge in [-0.2, -0.15) is 0 Å². The quantitative estimate of drug-likeness (QED) is 0.778. The molecule has 2 heterocycles. The molecule has 23 heavy (non-hydrogen) atoms. The number of rotatable bonds is 7. The molecule has 124 valence electrons. The highest BCUT2D eigenvalue weighted by atomic mass is 32.1. The van der Waals surface area contributed by atoms with Crippen LogP contribution in [-0.4, -0.2) is 29.5 Å². The molecule has 0 saturated heterocycles. The standard InChI is InChI=1S/C16H20N2O3S2/c1-10(2)8-17-15(20)11(3)21-14(19)7-12-9-23-16(18-12)13-5-4-6-22-13/h4-6,9-11H,7-8H2,1-3H3,(H,17,20). The Labute approximate surface area is 143 Å². The van der Waals surface area contributed by atoms with Crippen LogP contribution in [0.25, 0.3) is 9.88 Å². The van der Waals surface area contributed by atoms with Crippen LogP contribution in [0.2, 0.25) is 0 Å². The van der Waals surface area contributed by atoms with Crippen molar-refractivity contribution in [1.82, 2.24) is 10.3 Å². The number of thiazole rings is 1. The monoisotopic (exact) mass is 352 g/mol. The van der Waals surface area contributed by atoms with E-state index in [1.54, 1.807) is 18.3 Å². The molecule has 0 saturated carbocycles. The van der Waals surface area contributed by atoms with Gasteiger partial charge in [0.15, 0.2) is 6.10 Å². The van der Waals surface area contributed by atoms with Gasteiger partial charge in [0.05, 0.1) is 17.0 Å². The molecule has 2 rings (SSSR count). The van der Waals surface area contributed by atoms with E-state index >= 15 is 0 Å². The summed E-state index contributed by atoms with van der Waals surface area (Å²) in [4.78, 5) is 29.2. The SMILES string of the molecule is CC(C)CNC(=O)C(C)OC(=O)Cc1csc(-c2cccs2)n1. The summed E-state index contributed by atoms with van der Waals surface area (Å²) in [6, 6.07) is 3.96. The molecule has 0 aromatic carbocycles. The van der Waals surface area contributed by atoms with E-state index in [1.165, 1.54) is 11.3 Å². The van der Waals surface area contributed by atoms with Crippen LogP contribution in [-0.2, 0) is 20.7 Å². The molecule has 0 aliphatic rings. The zero-order valence-corrected chi connectivity index (χ0v) is 15.0. The van der Waals surface area contributed by atoms with Gasteiger partial charge in [0.2, 0.25) is 0 Å². The highest BCUT2D eigenvalue weighted by molar-refractivity contribution is 7.20. The zero-order valence-electron chi connectivity index (χ0n) is 13.4. The van der Waals surface area contributed by atoms with E-state index in [2.05, 4.69) is 10.3 Å². The third kappa shape index (κ3) is 5.44. The molecule has 7 heteroatoms. The van der Waals surface area contributed by atoms with Gasteiger partial charge in [-0.3, -0.25) is 9.59 Å². The second-order valence-corrected chi connectivity index (χ2v) is 7.37. The first-order valence-electron chi connectivity index (χ1n) is 7.41. The number of amides is 1. The molecule has 1 atom stereocenters. The normalized spacial score (nSPS) is 12.2. The number of esters is 1. The van der Waals surface area contributed by atoms with Gasteiger partial charge >= 0.3 is 5.97 Å². The lowest BCUT2D eigenvalue weighted by molar-refractivity contribution is -0.154. The Morgan fingerprint density at radius 3 is 2.74 bits per heavy atom. The van der Waals surface area contributed by atoms with Crippen LogP contribution >= 0.6 is 22.7 Å². The summed E-state index contributed by atoms with van der Waals surface area (Å²) in [5.74, 6) is -0.364. The Kier molecular flexibility index (Phi) is 6.29. The lowest BCUT2D eigenvalue weighted by Gasteiger charge is -2.14. The third-order valence-corrected chi connectivity index (χ3v) is 4.90. The van der Waals surface area contributed by atoms with Crippen LogP contribution in [0.1, 0.15) is 26.5 Å². The van der Waals surface area contributed by atoms with Gasteiger partial charge in [-0.05, 0) is 24.3 Å². The predicted octanol–water partition coefficient (Wildman–Crippen LogP) is 3.12. The second-order valence-electron chi connectivity index (χ2n) is 5.57. The van der Waals surface area contributed by atoms with Crippen molar-refractivity contribution in [1.29, 1.82) is 0 Å². The van der Waals surface area contributed by atoms with E-state index in [9.17, 15) is 9.59 Å². The van der Waals surface area contributed by atoms with Crippen LogP contribution in [0, 0.1) is 5.92 Å². The number of thiophene rings is 1. The van der Waals surface area contributed by atoms with Crippen molar-refractivity contribution in [2.24, 2.45) is 5.92 Å². The molecule has 1 N–H and O–H groups in total. The Bertz CT molecular complexity index is 650. The van der Waals surface area contributed by atoms with Crippen molar-refractivity contribution in [2.75, 3.05) is 6.54 Å². The number of carbonyl (C=O) groups is 2. The lowest BCUT2D eigenvalue weighted by Crippen LogP contribution is -2.37. The van der Waals surface area contributed by atoms with Gasteiger partial charge in [0.25, 0.3) is 5.91 Å². The van der Waals surface area contributed by atoms with Crippen molar-refractivity contribution >= 4 is 34.6 Å². The number of hydrogen-bond acceptors (Lipinski definition) is 6. The van der Waals surface area contributed by atoms with E-state index in [0.29, 0.717) is 18.2 Å². The Morgan fingerprint density at radius 1 is 1.30 bits per heavy atom. The molecular weight excluding hydrogens is 332 g/mol. The molecule has 0 radical (unpaired) electrons. The number of aromatic nitrogens is 1. The molecule has 1 unspecified atom stereocenters. The van der Waals surface area contributed by atoms with Crippen LogP contribution in [0.4, 0.5) is 0 Å². The highest BCUT2D eigenvalue weighted by Crippen LogP contribution is 2.27. The van der Waals surface area contributed by atoms with Gasteiger partial charge in [0, 0.05) is 11.9 Å². The van der Waals surface area contributed by atoms with E-state index in [-0.39, 0.29) is 12.3 Å². The topological polar surface area (TPSA) is 68.3 Å². The zero-order chi connectivity index (χ0) is 16.8. The van der Waals surface area contributed by atoms with E-state index in [0.717, 1.165) is 9.88 Å². The summed E-state index contributed by atoms with van der Waals surface area (Å²) in [5.41, 5.74) is 0.665. The molecule has 0 aliphatic carbocycles. The largest absolute Gasteiger partial charge is 0.452 e. The van der Waals surface area contributed by atoms with Crippen molar-refractivity contribution in [2.45, 2.75) is 33.3 Å². The Hall–Kier alpha value is -1.73. The molecule has 1 amide bonds. The number of hydrogen-bond donors (Lipinski definition) is 1. The summed E-state index contributed by atoms with van der Waals surface area (Å²) >= 11 is 3.11. The number of nitrogens with zero attached hydrogens (tertiary/aromatic N) is 1. The molecular formula is C16H20N2O3S2. The summed E-state index contributed by atoms with van der Waals surface area (Å²) < 4.78 is 5.16. The van der Waals surface area contributed by atoms with Crippen molar-refractivity contribution in [3.05, 3.63) is 28.6 Å². The van der Waals surface area contributed by atoms with Crippen molar-refractivity contribution in [3.8, 4) is 9.88 Å². The highest BCUT2D eigenvalue weighted by Gasteiger charge is 2.19. The van der Waals surface area contributed by atoms with Gasteiger partial charge in [-0.1, -0.05) is 19.9 Å².